The van der Waals surface area contributed by atoms with Crippen molar-refractivity contribution < 1.29 is 19.0 Å². The van der Waals surface area contributed by atoms with Crippen molar-refractivity contribution in [3.05, 3.63) is 77.7 Å². The summed E-state index contributed by atoms with van der Waals surface area (Å²) in [5, 5.41) is 8.34. The average Bonchev–Trinajstić information content (AvgIpc) is 3.24. The van der Waals surface area contributed by atoms with Crippen LogP contribution in [0.15, 0.2) is 65.8 Å². The number of esters is 1. The quantitative estimate of drug-likeness (QED) is 0.379. The van der Waals surface area contributed by atoms with Crippen LogP contribution in [0.25, 0.3) is 0 Å². The summed E-state index contributed by atoms with van der Waals surface area (Å²) in [4.78, 5) is 23.7. The van der Waals surface area contributed by atoms with Crippen LogP contribution in [-0.2, 0) is 4.74 Å². The number of hydrogen-bond acceptors (Lipinski definition) is 6. The van der Waals surface area contributed by atoms with E-state index in [9.17, 15) is 4.79 Å². The third-order valence-corrected chi connectivity index (χ3v) is 3.80. The fraction of sp³-hybridized carbons (Fsp3) is 0.143. The number of benzene rings is 1. The second-order valence-electron chi connectivity index (χ2n) is 5.73. The number of nitrogens with zero attached hydrogens (tertiary/aromatic N) is 2. The second-order valence-corrected chi connectivity index (χ2v) is 5.73. The van der Waals surface area contributed by atoms with Gasteiger partial charge in [0.25, 0.3) is 0 Å². The summed E-state index contributed by atoms with van der Waals surface area (Å²) in [6.45, 7) is 1.96. The van der Waals surface area contributed by atoms with Crippen LogP contribution in [-0.4, -0.2) is 41.4 Å². The highest BCUT2D eigenvalue weighted by atomic mass is 16.5. The van der Waals surface area contributed by atoms with Crippen molar-refractivity contribution in [3.8, 4) is 11.6 Å². The van der Waals surface area contributed by atoms with E-state index in [1.54, 1.807) is 49.5 Å². The maximum atomic E-state index is 12.3. The first-order chi connectivity index (χ1) is 14.1. The van der Waals surface area contributed by atoms with E-state index in [2.05, 4.69) is 15.0 Å². The third-order valence-electron chi connectivity index (χ3n) is 3.80. The van der Waals surface area contributed by atoms with Crippen LogP contribution in [0.3, 0.4) is 0 Å². The summed E-state index contributed by atoms with van der Waals surface area (Å²) in [5.41, 5.74) is 0.857. The van der Waals surface area contributed by atoms with Crippen molar-refractivity contribution in [3.63, 3.8) is 0 Å². The van der Waals surface area contributed by atoms with E-state index in [0.717, 1.165) is 0 Å². The fourth-order valence-electron chi connectivity index (χ4n) is 2.47. The molecule has 8 nitrogen and oxygen atoms in total. The lowest BCUT2D eigenvalue weighted by Gasteiger charge is -2.10. The van der Waals surface area contributed by atoms with Crippen LogP contribution >= 0.6 is 0 Å². The molecule has 0 unspecified atom stereocenters. The number of methoxy groups -OCH3 is 1. The van der Waals surface area contributed by atoms with Crippen LogP contribution in [0.4, 0.5) is 0 Å². The van der Waals surface area contributed by atoms with Crippen molar-refractivity contribution in [2.24, 2.45) is 4.99 Å². The van der Waals surface area contributed by atoms with Gasteiger partial charge in [-0.3, -0.25) is 5.41 Å². The summed E-state index contributed by atoms with van der Waals surface area (Å²) < 4.78 is 16.1. The number of carbonyl (C=O) groups excluding carboxylic acids is 1. The minimum atomic E-state index is -0.515. The standard InChI is InChI=1S/C21H20N4O4/c1-3-28-21(26)15-12-13-23-18(15)20(29-14-8-5-4-6-9-14)25-19(22)16-10-7-11-17(24-16)27-2/h4-13,22-23H,3H2,1-2H3. The molecule has 0 aliphatic heterocycles. The molecule has 0 bridgehead atoms. The molecule has 2 heterocycles. The Bertz CT molecular complexity index is 1030. The predicted octanol–water partition coefficient (Wildman–Crippen LogP) is 3.45. The summed E-state index contributed by atoms with van der Waals surface area (Å²) >= 11 is 0. The molecule has 0 aliphatic rings. The van der Waals surface area contributed by atoms with Crippen molar-refractivity contribution in [2.45, 2.75) is 6.92 Å². The lowest BCUT2D eigenvalue weighted by Crippen LogP contribution is -2.18. The number of pyridine rings is 1. The average molecular weight is 392 g/mol. The highest BCUT2D eigenvalue weighted by Gasteiger charge is 2.21. The van der Waals surface area contributed by atoms with Gasteiger partial charge in [-0.05, 0) is 31.2 Å². The molecule has 1 aromatic carbocycles. The molecule has 0 spiro atoms. The highest BCUT2D eigenvalue weighted by molar-refractivity contribution is 6.11. The van der Waals surface area contributed by atoms with Crippen LogP contribution in [0.5, 0.6) is 11.6 Å². The first-order valence-electron chi connectivity index (χ1n) is 8.88. The Hall–Kier alpha value is -3.94. The molecule has 0 radical (unpaired) electrons. The van der Waals surface area contributed by atoms with Gasteiger partial charge in [0.2, 0.25) is 11.8 Å². The van der Waals surface area contributed by atoms with Gasteiger partial charge in [-0.15, -0.1) is 0 Å². The van der Waals surface area contributed by atoms with Gasteiger partial charge in [0, 0.05) is 12.3 Å². The number of amidine groups is 1. The van der Waals surface area contributed by atoms with E-state index in [-0.39, 0.29) is 23.9 Å². The number of aliphatic imine (C=N–C) groups is 1. The Morgan fingerprint density at radius 1 is 1.14 bits per heavy atom. The number of para-hydroxylation sites is 1. The maximum Gasteiger partial charge on any atom is 0.340 e. The minimum Gasteiger partial charge on any atom is -0.481 e. The molecule has 8 heteroatoms. The number of aromatic nitrogens is 2. The molecule has 2 aromatic heterocycles. The van der Waals surface area contributed by atoms with Gasteiger partial charge < -0.3 is 19.2 Å². The van der Waals surface area contributed by atoms with Crippen LogP contribution in [0.1, 0.15) is 28.7 Å². The molecule has 148 valence electrons. The smallest absolute Gasteiger partial charge is 0.340 e. The molecule has 0 atom stereocenters. The summed E-state index contributed by atoms with van der Waals surface area (Å²) in [7, 11) is 1.49. The lowest BCUT2D eigenvalue weighted by molar-refractivity contribution is 0.0526. The Morgan fingerprint density at radius 3 is 2.66 bits per heavy atom. The Morgan fingerprint density at radius 2 is 1.93 bits per heavy atom. The Balaban J connectivity index is 2.02. The molecule has 29 heavy (non-hydrogen) atoms. The second kappa shape index (κ2) is 9.32. The molecule has 3 rings (SSSR count). The zero-order chi connectivity index (χ0) is 20.6. The SMILES string of the molecule is CCOC(=O)c1cc[nH]c1C(=NC(=N)c1cccc(OC)n1)Oc1ccccc1. The summed E-state index contributed by atoms with van der Waals surface area (Å²) in [5.74, 6) is 0.236. The maximum absolute atomic E-state index is 12.3. The number of aromatic amines is 1. The minimum absolute atomic E-state index is 0.0406. The summed E-state index contributed by atoms with van der Waals surface area (Å²) in [6.07, 6.45) is 1.58. The van der Waals surface area contributed by atoms with E-state index in [1.807, 2.05) is 18.2 Å². The van der Waals surface area contributed by atoms with Crippen molar-refractivity contribution >= 4 is 17.7 Å². The van der Waals surface area contributed by atoms with E-state index >= 15 is 0 Å². The zero-order valence-electron chi connectivity index (χ0n) is 16.0. The van der Waals surface area contributed by atoms with E-state index in [4.69, 9.17) is 19.6 Å². The first kappa shape index (κ1) is 19.8. The number of nitrogens with one attached hydrogen (secondary N) is 2. The van der Waals surface area contributed by atoms with Gasteiger partial charge >= 0.3 is 5.97 Å². The Labute approximate surface area is 167 Å². The molecule has 3 aromatic rings. The van der Waals surface area contributed by atoms with Gasteiger partial charge in [0.1, 0.15) is 17.1 Å². The normalized spacial score (nSPS) is 11.0. The predicted molar refractivity (Wildman–Crippen MR) is 108 cm³/mol. The fourth-order valence-corrected chi connectivity index (χ4v) is 2.47. The molecule has 0 amide bonds. The van der Waals surface area contributed by atoms with Gasteiger partial charge in [-0.2, -0.15) is 4.99 Å². The molecule has 0 fully saturated rings. The number of hydrogen-bond donors (Lipinski definition) is 2. The van der Waals surface area contributed by atoms with E-state index in [1.165, 1.54) is 7.11 Å². The van der Waals surface area contributed by atoms with Gasteiger partial charge in [-0.1, -0.05) is 24.3 Å². The first-order valence-corrected chi connectivity index (χ1v) is 8.88. The largest absolute Gasteiger partial charge is 0.481 e. The molecule has 0 saturated carbocycles. The molecule has 2 N–H and O–H groups in total. The van der Waals surface area contributed by atoms with Crippen molar-refractivity contribution in [2.75, 3.05) is 13.7 Å². The number of ether oxygens (including phenoxy) is 3. The third kappa shape index (κ3) is 4.86. The van der Waals surface area contributed by atoms with E-state index in [0.29, 0.717) is 23.0 Å². The number of rotatable bonds is 6. The van der Waals surface area contributed by atoms with Gasteiger partial charge in [-0.25, -0.2) is 9.78 Å². The van der Waals surface area contributed by atoms with Crippen LogP contribution in [0, 0.1) is 5.41 Å². The molecular weight excluding hydrogens is 372 g/mol. The van der Waals surface area contributed by atoms with Crippen LogP contribution in [0.2, 0.25) is 0 Å². The molecule has 0 saturated heterocycles. The number of carbonyl (C=O) groups is 1. The topological polar surface area (TPSA) is 110 Å². The molecular formula is C21H20N4O4. The van der Waals surface area contributed by atoms with Gasteiger partial charge in [0.15, 0.2) is 5.84 Å². The zero-order valence-corrected chi connectivity index (χ0v) is 16.0. The monoisotopic (exact) mass is 392 g/mol. The Kier molecular flexibility index (Phi) is 6.36. The number of H-pyrrole nitrogens is 1. The molecule has 0 aliphatic carbocycles. The summed E-state index contributed by atoms with van der Waals surface area (Å²) in [6, 6.07) is 15.6. The van der Waals surface area contributed by atoms with Crippen LogP contribution < -0.4 is 9.47 Å². The lowest BCUT2D eigenvalue weighted by atomic mass is 10.2. The van der Waals surface area contributed by atoms with Gasteiger partial charge in [0.05, 0.1) is 19.3 Å². The van der Waals surface area contributed by atoms with E-state index < -0.39 is 5.97 Å². The highest BCUT2D eigenvalue weighted by Crippen LogP contribution is 2.17. The van der Waals surface area contributed by atoms with Crippen molar-refractivity contribution in [1.29, 1.82) is 5.41 Å². The van der Waals surface area contributed by atoms with Crippen molar-refractivity contribution in [1.82, 2.24) is 9.97 Å².